The molecule has 2 aromatic carbocycles. The van der Waals surface area contributed by atoms with Crippen LogP contribution in [0, 0.1) is 5.82 Å². The molecule has 0 atom stereocenters. The van der Waals surface area contributed by atoms with E-state index in [9.17, 15) is 14.0 Å². The second-order valence-corrected chi connectivity index (χ2v) is 6.60. The van der Waals surface area contributed by atoms with E-state index in [2.05, 4.69) is 10.3 Å². The molecule has 128 valence electrons. The van der Waals surface area contributed by atoms with Gasteiger partial charge in [0.25, 0.3) is 0 Å². The number of nitrogens with one attached hydrogen (secondary N) is 2. The molecule has 2 N–H and O–H groups in total. The number of benzene rings is 2. The Morgan fingerprint density at radius 1 is 1.08 bits per heavy atom. The van der Waals surface area contributed by atoms with Crippen LogP contribution in [-0.4, -0.2) is 16.7 Å². The monoisotopic (exact) mass is 338 g/mol. The van der Waals surface area contributed by atoms with Crippen molar-refractivity contribution in [2.75, 3.05) is 5.32 Å². The lowest BCUT2D eigenvalue weighted by molar-refractivity contribution is -0.120. The third-order valence-electron chi connectivity index (χ3n) is 4.43. The molecular formula is C20H19FN2O2. The Kier molecular flexibility index (Phi) is 4.17. The number of H-pyrrole nitrogens is 1. The highest BCUT2D eigenvalue weighted by atomic mass is 19.1. The number of anilines is 1. The fraction of sp³-hybridized carbons (Fsp3) is 0.200. The van der Waals surface area contributed by atoms with Gasteiger partial charge in [-0.25, -0.2) is 4.39 Å². The molecule has 0 unspecified atom stereocenters. The summed E-state index contributed by atoms with van der Waals surface area (Å²) in [6.07, 6.45) is 1.74. The number of ketones is 1. The number of hydrogen-bond acceptors (Lipinski definition) is 2. The third kappa shape index (κ3) is 3.18. The van der Waals surface area contributed by atoms with Crippen molar-refractivity contribution < 1.29 is 14.0 Å². The molecule has 0 aliphatic heterocycles. The van der Waals surface area contributed by atoms with E-state index in [4.69, 9.17) is 0 Å². The smallest absolute Gasteiger partial charge is 0.234 e. The lowest BCUT2D eigenvalue weighted by Gasteiger charge is -2.23. The van der Waals surface area contributed by atoms with Gasteiger partial charge in [-0.1, -0.05) is 0 Å². The molecule has 0 saturated heterocycles. The largest absolute Gasteiger partial charge is 0.361 e. The number of carbonyl (C=O) groups is 2. The molecule has 1 heterocycles. The predicted octanol–water partition coefficient (Wildman–Crippen LogP) is 4.43. The van der Waals surface area contributed by atoms with Crippen molar-refractivity contribution in [3.63, 3.8) is 0 Å². The molecule has 4 nitrogen and oxygen atoms in total. The molecule has 0 aliphatic carbocycles. The van der Waals surface area contributed by atoms with Crippen molar-refractivity contribution in [2.45, 2.75) is 26.2 Å². The maximum Gasteiger partial charge on any atom is 0.234 e. The summed E-state index contributed by atoms with van der Waals surface area (Å²) in [5, 5.41) is 3.69. The number of aromatic nitrogens is 1. The van der Waals surface area contributed by atoms with Gasteiger partial charge in [-0.3, -0.25) is 9.59 Å². The highest BCUT2D eigenvalue weighted by Gasteiger charge is 2.32. The molecule has 1 aromatic heterocycles. The van der Waals surface area contributed by atoms with Crippen LogP contribution in [0.5, 0.6) is 0 Å². The molecule has 3 rings (SSSR count). The first-order valence-corrected chi connectivity index (χ1v) is 7.98. The highest BCUT2D eigenvalue weighted by molar-refractivity contribution is 6.02. The SMILES string of the molecule is CC(=O)c1ccc(NC(=O)C(C)(C)c2c[nH]c3cc(F)ccc23)cc1. The van der Waals surface area contributed by atoms with Crippen LogP contribution in [0.15, 0.2) is 48.7 Å². The number of hydrogen-bond donors (Lipinski definition) is 2. The normalized spacial score (nSPS) is 11.5. The summed E-state index contributed by atoms with van der Waals surface area (Å²) < 4.78 is 13.4. The molecule has 5 heteroatoms. The Hall–Kier alpha value is -2.95. The molecule has 0 bridgehead atoms. The minimum atomic E-state index is -0.824. The number of aromatic amines is 1. The molecule has 0 aliphatic rings. The van der Waals surface area contributed by atoms with E-state index < -0.39 is 5.41 Å². The summed E-state index contributed by atoms with van der Waals surface area (Å²) in [5.74, 6) is -0.536. The maximum atomic E-state index is 13.4. The van der Waals surface area contributed by atoms with Gasteiger partial charge in [0.15, 0.2) is 5.78 Å². The maximum absolute atomic E-state index is 13.4. The summed E-state index contributed by atoms with van der Waals surface area (Å²) in [6, 6.07) is 11.2. The molecule has 25 heavy (non-hydrogen) atoms. The standard InChI is InChI=1S/C20H19FN2O2/c1-12(24)13-4-7-15(8-5-13)23-19(25)20(2,3)17-11-22-18-10-14(21)6-9-16(17)18/h4-11,22H,1-3H3,(H,23,25). The second kappa shape index (κ2) is 6.16. The van der Waals surface area contributed by atoms with Crippen molar-refractivity contribution >= 4 is 28.3 Å². The van der Waals surface area contributed by atoms with Gasteiger partial charge in [0.2, 0.25) is 5.91 Å². The van der Waals surface area contributed by atoms with Crippen LogP contribution < -0.4 is 5.32 Å². The number of Topliss-reactive ketones (excluding diaryl/α,β-unsaturated/α-hetero) is 1. The Bertz CT molecular complexity index is 955. The van der Waals surface area contributed by atoms with Crippen molar-refractivity contribution in [2.24, 2.45) is 0 Å². The van der Waals surface area contributed by atoms with Gasteiger partial charge in [-0.2, -0.15) is 0 Å². The molecule has 0 spiro atoms. The quantitative estimate of drug-likeness (QED) is 0.692. The van der Waals surface area contributed by atoms with Gasteiger partial charge < -0.3 is 10.3 Å². The number of fused-ring (bicyclic) bond motifs is 1. The van der Waals surface area contributed by atoms with Crippen molar-refractivity contribution in [3.05, 3.63) is 65.6 Å². The third-order valence-corrected chi connectivity index (χ3v) is 4.43. The van der Waals surface area contributed by atoms with Gasteiger partial charge in [-0.15, -0.1) is 0 Å². The summed E-state index contributed by atoms with van der Waals surface area (Å²) in [4.78, 5) is 27.1. The van der Waals surface area contributed by atoms with Crippen LogP contribution in [-0.2, 0) is 10.2 Å². The molecule has 1 amide bonds. The van der Waals surface area contributed by atoms with E-state index in [1.165, 1.54) is 19.1 Å². The fourth-order valence-corrected chi connectivity index (χ4v) is 2.81. The molecule has 3 aromatic rings. The van der Waals surface area contributed by atoms with Crippen LogP contribution in [0.3, 0.4) is 0 Å². The highest BCUT2D eigenvalue weighted by Crippen LogP contribution is 2.32. The average molecular weight is 338 g/mol. The van der Waals surface area contributed by atoms with Gasteiger partial charge in [0, 0.05) is 28.4 Å². The Balaban J connectivity index is 1.87. The van der Waals surface area contributed by atoms with Crippen LogP contribution in [0.4, 0.5) is 10.1 Å². The van der Waals surface area contributed by atoms with Crippen LogP contribution in [0.1, 0.15) is 36.7 Å². The number of amides is 1. The Labute approximate surface area is 145 Å². The topological polar surface area (TPSA) is 62.0 Å². The van der Waals surface area contributed by atoms with Crippen LogP contribution in [0.25, 0.3) is 10.9 Å². The van der Waals surface area contributed by atoms with E-state index in [0.29, 0.717) is 16.8 Å². The van der Waals surface area contributed by atoms with Crippen LogP contribution >= 0.6 is 0 Å². The van der Waals surface area contributed by atoms with Gasteiger partial charge in [0.05, 0.1) is 5.41 Å². The second-order valence-electron chi connectivity index (χ2n) is 6.60. The summed E-state index contributed by atoms with van der Waals surface area (Å²) in [5.41, 5.74) is 1.84. The van der Waals surface area contributed by atoms with E-state index in [0.717, 1.165) is 10.9 Å². The van der Waals surface area contributed by atoms with E-state index in [1.54, 1.807) is 36.5 Å². The average Bonchev–Trinajstić information content (AvgIpc) is 2.98. The molecule has 0 saturated carbocycles. The van der Waals surface area contributed by atoms with E-state index in [1.807, 2.05) is 13.8 Å². The zero-order valence-electron chi connectivity index (χ0n) is 14.3. The zero-order chi connectivity index (χ0) is 18.2. The zero-order valence-corrected chi connectivity index (χ0v) is 14.3. The van der Waals surface area contributed by atoms with Crippen molar-refractivity contribution in [3.8, 4) is 0 Å². The Morgan fingerprint density at radius 3 is 2.40 bits per heavy atom. The summed E-state index contributed by atoms with van der Waals surface area (Å²) >= 11 is 0. The number of halogens is 1. The first kappa shape index (κ1) is 16.9. The minimum Gasteiger partial charge on any atom is -0.361 e. The molecular weight excluding hydrogens is 319 g/mol. The first-order valence-electron chi connectivity index (χ1n) is 7.98. The first-order chi connectivity index (χ1) is 11.8. The number of rotatable bonds is 4. The Morgan fingerprint density at radius 2 is 1.76 bits per heavy atom. The summed E-state index contributed by atoms with van der Waals surface area (Å²) in [6.45, 7) is 5.13. The van der Waals surface area contributed by atoms with Gasteiger partial charge in [-0.05, 0) is 68.8 Å². The lowest BCUT2D eigenvalue weighted by Crippen LogP contribution is -2.34. The number of carbonyl (C=O) groups excluding carboxylic acids is 2. The molecule has 0 fully saturated rings. The van der Waals surface area contributed by atoms with Crippen molar-refractivity contribution in [1.29, 1.82) is 0 Å². The minimum absolute atomic E-state index is 0.0239. The van der Waals surface area contributed by atoms with E-state index in [-0.39, 0.29) is 17.5 Å². The van der Waals surface area contributed by atoms with Gasteiger partial charge >= 0.3 is 0 Å². The van der Waals surface area contributed by atoms with E-state index >= 15 is 0 Å². The van der Waals surface area contributed by atoms with Crippen molar-refractivity contribution in [1.82, 2.24) is 4.98 Å². The molecule has 0 radical (unpaired) electrons. The van der Waals surface area contributed by atoms with Gasteiger partial charge in [0.1, 0.15) is 5.82 Å². The fourth-order valence-electron chi connectivity index (χ4n) is 2.81. The van der Waals surface area contributed by atoms with Crippen LogP contribution in [0.2, 0.25) is 0 Å². The predicted molar refractivity (Wildman–Crippen MR) is 96.4 cm³/mol. The summed E-state index contributed by atoms with van der Waals surface area (Å²) in [7, 11) is 0. The lowest BCUT2D eigenvalue weighted by atomic mass is 9.83.